The topological polar surface area (TPSA) is 40.6 Å². The third kappa shape index (κ3) is 4.48. The maximum absolute atomic E-state index is 13.0. The van der Waals surface area contributed by atoms with Crippen LogP contribution in [0.4, 0.5) is 13.2 Å². The lowest BCUT2D eigenvalue weighted by molar-refractivity contribution is -0.137. The number of hydrogen-bond acceptors (Lipinski definition) is 3. The van der Waals surface area contributed by atoms with Gasteiger partial charge in [0.05, 0.1) is 15.5 Å². The molecule has 0 atom stereocenters. The summed E-state index contributed by atoms with van der Waals surface area (Å²) in [4.78, 5) is 1.86. The zero-order valence-corrected chi connectivity index (χ0v) is 15.9. The van der Waals surface area contributed by atoms with Crippen molar-refractivity contribution in [2.24, 2.45) is 0 Å². The molecule has 1 saturated heterocycles. The van der Waals surface area contributed by atoms with Crippen LogP contribution < -0.4 is 0 Å². The second-order valence-corrected chi connectivity index (χ2v) is 8.93. The average Bonchev–Trinajstić information content (AvgIpc) is 2.53. The van der Waals surface area contributed by atoms with Gasteiger partial charge >= 0.3 is 6.18 Å². The molecule has 4 nitrogen and oxygen atoms in total. The molecule has 1 heterocycles. The zero-order valence-electron chi connectivity index (χ0n) is 14.3. The smallest absolute Gasteiger partial charge is 0.301 e. The van der Waals surface area contributed by atoms with Gasteiger partial charge in [-0.2, -0.15) is 17.5 Å². The van der Waals surface area contributed by atoms with E-state index in [0.29, 0.717) is 24.9 Å². The number of hydrogen-bond donors (Lipinski definition) is 0. The van der Waals surface area contributed by atoms with Gasteiger partial charge in [-0.1, -0.05) is 11.6 Å². The second-order valence-electron chi connectivity index (χ2n) is 6.52. The van der Waals surface area contributed by atoms with Crippen molar-refractivity contribution in [3.8, 4) is 0 Å². The molecule has 2 rings (SSSR count). The molecule has 0 spiro atoms. The van der Waals surface area contributed by atoms with Gasteiger partial charge in [-0.25, -0.2) is 8.42 Å². The molecule has 1 aromatic rings. The summed E-state index contributed by atoms with van der Waals surface area (Å²) in [5, 5.41) is -0.514. The molecular weight excluding hydrogens is 377 g/mol. The largest absolute Gasteiger partial charge is 0.417 e. The summed E-state index contributed by atoms with van der Waals surface area (Å²) >= 11 is 5.57. The fourth-order valence-electron chi connectivity index (χ4n) is 3.01. The van der Waals surface area contributed by atoms with E-state index in [4.69, 9.17) is 11.6 Å². The number of benzene rings is 1. The van der Waals surface area contributed by atoms with E-state index in [1.54, 1.807) is 0 Å². The van der Waals surface area contributed by atoms with Crippen molar-refractivity contribution in [2.75, 3.05) is 20.1 Å². The number of alkyl halides is 3. The molecule has 1 aliphatic heterocycles. The predicted molar refractivity (Wildman–Crippen MR) is 91.1 cm³/mol. The Labute approximate surface area is 151 Å². The molecule has 0 amide bonds. The first-order valence-corrected chi connectivity index (χ1v) is 9.85. The van der Waals surface area contributed by atoms with Crippen LogP contribution in [0.15, 0.2) is 23.1 Å². The monoisotopic (exact) mass is 398 g/mol. The highest BCUT2D eigenvalue weighted by molar-refractivity contribution is 7.89. The molecule has 0 aliphatic carbocycles. The Morgan fingerprint density at radius 3 is 2.28 bits per heavy atom. The first-order chi connectivity index (χ1) is 11.4. The minimum Gasteiger partial charge on any atom is -0.301 e. The highest BCUT2D eigenvalue weighted by atomic mass is 35.5. The molecule has 1 aromatic carbocycles. The Balaban J connectivity index is 2.24. The molecule has 0 bridgehead atoms. The van der Waals surface area contributed by atoms with Gasteiger partial charge in [0, 0.05) is 19.1 Å². The summed E-state index contributed by atoms with van der Waals surface area (Å²) in [5.41, 5.74) is -1.14. The zero-order chi connectivity index (χ0) is 19.0. The van der Waals surface area contributed by atoms with Gasteiger partial charge < -0.3 is 4.90 Å². The van der Waals surface area contributed by atoms with Crippen LogP contribution in [-0.2, 0) is 16.2 Å². The van der Waals surface area contributed by atoms with Gasteiger partial charge in [0.25, 0.3) is 0 Å². The highest BCUT2D eigenvalue weighted by Gasteiger charge is 2.36. The molecule has 1 aliphatic rings. The summed E-state index contributed by atoms with van der Waals surface area (Å²) in [7, 11) is -2.60. The van der Waals surface area contributed by atoms with Crippen molar-refractivity contribution in [2.45, 2.75) is 49.8 Å². The van der Waals surface area contributed by atoms with E-state index in [1.165, 1.54) is 11.4 Å². The molecule has 25 heavy (non-hydrogen) atoms. The molecule has 0 unspecified atom stereocenters. The fraction of sp³-hybridized carbons (Fsp3) is 0.625. The molecule has 9 heteroatoms. The number of piperidine rings is 1. The van der Waals surface area contributed by atoms with Crippen LogP contribution in [0.3, 0.4) is 0 Å². The molecule has 0 radical (unpaired) electrons. The quantitative estimate of drug-likeness (QED) is 0.773. The minimum absolute atomic E-state index is 0.231. The van der Waals surface area contributed by atoms with Gasteiger partial charge in [-0.3, -0.25) is 0 Å². The summed E-state index contributed by atoms with van der Waals surface area (Å²) in [6.45, 7) is 5.67. The third-order valence-corrected chi connectivity index (χ3v) is 6.90. The maximum Gasteiger partial charge on any atom is 0.417 e. The lowest BCUT2D eigenvalue weighted by Crippen LogP contribution is -2.47. The Bertz CT molecular complexity index is 715. The first-order valence-electron chi connectivity index (χ1n) is 8.03. The van der Waals surface area contributed by atoms with Gasteiger partial charge in [0.2, 0.25) is 10.0 Å². The highest BCUT2D eigenvalue weighted by Crippen LogP contribution is 2.36. The Morgan fingerprint density at radius 1 is 1.24 bits per heavy atom. The Kier molecular flexibility index (Phi) is 6.08. The fourth-order valence-corrected chi connectivity index (χ4v) is 4.68. The van der Waals surface area contributed by atoms with E-state index in [-0.39, 0.29) is 6.04 Å². The number of sulfonamides is 1. The van der Waals surface area contributed by atoms with Crippen molar-refractivity contribution in [3.05, 3.63) is 28.8 Å². The molecule has 0 N–H and O–H groups in total. The van der Waals surface area contributed by atoms with E-state index in [9.17, 15) is 21.6 Å². The average molecular weight is 399 g/mol. The van der Waals surface area contributed by atoms with E-state index in [0.717, 1.165) is 25.2 Å². The maximum atomic E-state index is 13.0. The minimum atomic E-state index is -4.70. The van der Waals surface area contributed by atoms with E-state index in [2.05, 4.69) is 18.7 Å². The standard InChI is InChI=1S/C16H22ClF3N2O2S/c1-11(2)22-8-6-12(7-9-22)21(3)25(23,24)13-4-5-15(17)14(10-13)16(18,19)20/h4-5,10-12H,6-9H2,1-3H3. The first kappa shape index (κ1) is 20.5. The van der Waals surface area contributed by atoms with Crippen LogP contribution in [0.1, 0.15) is 32.3 Å². The molecule has 0 saturated carbocycles. The number of likely N-dealkylation sites (tertiary alicyclic amines) is 1. The molecule has 1 fully saturated rings. The van der Waals surface area contributed by atoms with Crippen LogP contribution in [-0.4, -0.2) is 49.8 Å². The number of halogens is 4. The van der Waals surface area contributed by atoms with Crippen LogP contribution >= 0.6 is 11.6 Å². The van der Waals surface area contributed by atoms with Crippen molar-refractivity contribution in [1.29, 1.82) is 0 Å². The SMILES string of the molecule is CC(C)N1CCC(N(C)S(=O)(=O)c2ccc(Cl)c(C(F)(F)F)c2)CC1. The molecular formula is C16H22ClF3N2O2S. The summed E-state index contributed by atoms with van der Waals surface area (Å²) in [6.07, 6.45) is -3.41. The van der Waals surface area contributed by atoms with Gasteiger partial charge in [-0.15, -0.1) is 0 Å². The van der Waals surface area contributed by atoms with Crippen molar-refractivity contribution in [1.82, 2.24) is 9.21 Å². The lowest BCUT2D eigenvalue weighted by atomic mass is 10.0. The summed E-state index contributed by atoms with van der Waals surface area (Å²) < 4.78 is 65.6. The third-order valence-electron chi connectivity index (χ3n) is 4.66. The number of rotatable bonds is 4. The van der Waals surface area contributed by atoms with E-state index < -0.39 is 31.7 Å². The normalized spacial score (nSPS) is 18.3. The number of nitrogens with zero attached hydrogens (tertiary/aromatic N) is 2. The van der Waals surface area contributed by atoms with Crippen LogP contribution in [0.2, 0.25) is 5.02 Å². The molecule has 142 valence electrons. The molecule has 0 aromatic heterocycles. The van der Waals surface area contributed by atoms with E-state index in [1.807, 2.05) is 0 Å². The van der Waals surface area contributed by atoms with Crippen LogP contribution in [0.5, 0.6) is 0 Å². The summed E-state index contributed by atoms with van der Waals surface area (Å²) in [6, 6.07) is 2.86. The van der Waals surface area contributed by atoms with Gasteiger partial charge in [0.15, 0.2) is 0 Å². The lowest BCUT2D eigenvalue weighted by Gasteiger charge is -2.38. The van der Waals surface area contributed by atoms with Crippen molar-refractivity contribution < 1.29 is 21.6 Å². The van der Waals surface area contributed by atoms with Crippen LogP contribution in [0.25, 0.3) is 0 Å². The van der Waals surface area contributed by atoms with Crippen molar-refractivity contribution in [3.63, 3.8) is 0 Å². The van der Waals surface area contributed by atoms with Crippen molar-refractivity contribution >= 4 is 21.6 Å². The predicted octanol–water partition coefficient (Wildman–Crippen LogP) is 3.85. The Hall–Kier alpha value is -0.830. The summed E-state index contributed by atoms with van der Waals surface area (Å²) in [5.74, 6) is 0. The van der Waals surface area contributed by atoms with Gasteiger partial charge in [-0.05, 0) is 58.0 Å². The second kappa shape index (κ2) is 7.42. The van der Waals surface area contributed by atoms with Gasteiger partial charge in [0.1, 0.15) is 0 Å². The van der Waals surface area contributed by atoms with Crippen LogP contribution in [0, 0.1) is 0 Å². The van der Waals surface area contributed by atoms with E-state index >= 15 is 0 Å². The Morgan fingerprint density at radius 2 is 1.80 bits per heavy atom.